The molecule has 2 aromatic carbocycles. The van der Waals surface area contributed by atoms with Crippen LogP contribution in [-0.2, 0) is 19.2 Å². The highest BCUT2D eigenvalue weighted by Gasteiger charge is 2.26. The number of aromatic hydroxyl groups is 1. The quantitative estimate of drug-likeness (QED) is 0.0177. The number of carboxylic acids is 4. The maximum Gasteiger partial charge on any atom is 0.336 e. The maximum absolute atomic E-state index is 12.6. The van der Waals surface area contributed by atoms with Crippen molar-refractivity contribution in [3.63, 3.8) is 0 Å². The van der Waals surface area contributed by atoms with Crippen molar-refractivity contribution in [1.29, 1.82) is 0 Å². The molecular formula is C47H56N6O13S. The number of carboxylic acid groups (broad SMARTS) is 4. The lowest BCUT2D eigenvalue weighted by Gasteiger charge is -2.24. The molecule has 2 aromatic rings. The van der Waals surface area contributed by atoms with E-state index >= 15 is 0 Å². The van der Waals surface area contributed by atoms with Gasteiger partial charge in [-0.3, -0.25) is 19.4 Å². The molecule has 2 heterocycles. The van der Waals surface area contributed by atoms with E-state index in [-0.39, 0.29) is 41.3 Å². The molecule has 1 aliphatic carbocycles. The first kappa shape index (κ1) is 50.9. The van der Waals surface area contributed by atoms with Gasteiger partial charge in [0.05, 0.1) is 11.6 Å². The number of thiocarbonyl (C=S) groups is 1. The molecule has 0 bridgehead atoms. The Labute approximate surface area is 390 Å². The topological polar surface area (TPSA) is 306 Å². The Morgan fingerprint density at radius 2 is 1.43 bits per heavy atom. The van der Waals surface area contributed by atoms with Gasteiger partial charge in [0, 0.05) is 72.4 Å². The van der Waals surface area contributed by atoms with Gasteiger partial charge in [0.1, 0.15) is 29.2 Å². The maximum atomic E-state index is 12.6. The van der Waals surface area contributed by atoms with E-state index in [0.717, 1.165) is 57.8 Å². The number of urea groups is 1. The summed E-state index contributed by atoms with van der Waals surface area (Å²) in [6.07, 6.45) is 8.80. The van der Waals surface area contributed by atoms with Crippen LogP contribution in [0.4, 0.5) is 10.5 Å². The summed E-state index contributed by atoms with van der Waals surface area (Å²) < 4.78 is 5.91. The fourth-order valence-electron chi connectivity index (χ4n) is 7.80. The predicted molar refractivity (Wildman–Crippen MR) is 253 cm³/mol. The third kappa shape index (κ3) is 15.8. The number of nitrogens with zero attached hydrogens (tertiary/aromatic N) is 1. The van der Waals surface area contributed by atoms with Crippen molar-refractivity contribution >= 4 is 75.5 Å². The lowest BCUT2D eigenvalue weighted by Crippen LogP contribution is -2.51. The van der Waals surface area contributed by atoms with E-state index in [0.29, 0.717) is 76.9 Å². The lowest BCUT2D eigenvalue weighted by atomic mass is 9.90. The average molecular weight is 945 g/mol. The molecule has 10 N–H and O–H groups in total. The van der Waals surface area contributed by atoms with Gasteiger partial charge >= 0.3 is 29.9 Å². The molecule has 67 heavy (non-hydrogen) atoms. The zero-order valence-corrected chi connectivity index (χ0v) is 37.6. The smallest absolute Gasteiger partial charge is 0.336 e. The van der Waals surface area contributed by atoms with Gasteiger partial charge in [-0.05, 0) is 118 Å². The van der Waals surface area contributed by atoms with Gasteiger partial charge in [0.15, 0.2) is 10.5 Å². The number of unbranched alkanes of at least 4 members (excludes halogenated alkanes) is 5. The number of rotatable bonds is 27. The van der Waals surface area contributed by atoms with E-state index in [4.69, 9.17) is 26.7 Å². The van der Waals surface area contributed by atoms with Crippen LogP contribution in [0.2, 0.25) is 0 Å². The van der Waals surface area contributed by atoms with Crippen molar-refractivity contribution in [2.75, 3.05) is 18.4 Å². The first-order valence-corrected chi connectivity index (χ1v) is 22.7. The largest absolute Gasteiger partial charge is 0.508 e. The number of hydrogen-bond donors (Lipinski definition) is 10. The second-order valence-electron chi connectivity index (χ2n) is 16.4. The summed E-state index contributed by atoms with van der Waals surface area (Å²) in [6, 6.07) is 10.3. The Morgan fingerprint density at radius 3 is 2.15 bits per heavy atom. The van der Waals surface area contributed by atoms with E-state index in [1.807, 2.05) is 0 Å². The van der Waals surface area contributed by atoms with E-state index < -0.39 is 48.4 Å². The van der Waals surface area contributed by atoms with Crippen LogP contribution in [0.15, 0.2) is 68.8 Å². The van der Waals surface area contributed by atoms with Crippen LogP contribution in [0.1, 0.15) is 107 Å². The summed E-state index contributed by atoms with van der Waals surface area (Å²) in [5, 5.41) is 62.0. The SMILES string of the molecule is O=C(O)CCC(NC(=O)NC(CCCCNC(=O)CCCCCCC1=NC(CCCCNC(=S)Nc2ccc(-c3c4ccc(=O)cc-4oc4cc(O)ccc34)c(C(=O)O)c2)C1)C(=O)O)C(=O)O. The molecule has 3 amide bonds. The Kier molecular flexibility index (Phi) is 19.0. The molecule has 2 aliphatic heterocycles. The highest BCUT2D eigenvalue weighted by atomic mass is 32.1. The van der Waals surface area contributed by atoms with Crippen molar-refractivity contribution in [2.24, 2.45) is 4.99 Å². The van der Waals surface area contributed by atoms with Crippen LogP contribution in [0.25, 0.3) is 33.4 Å². The van der Waals surface area contributed by atoms with Gasteiger partial charge < -0.3 is 56.5 Å². The number of benzene rings is 3. The van der Waals surface area contributed by atoms with E-state index in [1.54, 1.807) is 24.3 Å². The van der Waals surface area contributed by atoms with Crippen LogP contribution >= 0.6 is 12.2 Å². The molecule has 0 saturated carbocycles. The number of amides is 3. The summed E-state index contributed by atoms with van der Waals surface area (Å²) in [7, 11) is 0. The van der Waals surface area contributed by atoms with Gasteiger partial charge in [-0.25, -0.2) is 19.2 Å². The summed E-state index contributed by atoms with van der Waals surface area (Å²) in [4.78, 5) is 87.4. The normalized spacial score (nSPS) is 14.0. The van der Waals surface area contributed by atoms with Crippen molar-refractivity contribution in [3.05, 3.63) is 70.4 Å². The fourth-order valence-corrected chi connectivity index (χ4v) is 8.02. The average Bonchev–Trinajstić information content (AvgIpc) is 3.25. The van der Waals surface area contributed by atoms with Crippen molar-refractivity contribution in [1.82, 2.24) is 21.3 Å². The summed E-state index contributed by atoms with van der Waals surface area (Å²) >= 11 is 5.50. The van der Waals surface area contributed by atoms with Gasteiger partial charge in [-0.15, -0.1) is 0 Å². The molecule has 0 radical (unpaired) electrons. The highest BCUT2D eigenvalue weighted by Crippen LogP contribution is 2.42. The lowest BCUT2D eigenvalue weighted by molar-refractivity contribution is -0.140. The van der Waals surface area contributed by atoms with E-state index in [1.165, 1.54) is 36.0 Å². The van der Waals surface area contributed by atoms with Crippen molar-refractivity contribution < 1.29 is 58.7 Å². The Morgan fingerprint density at radius 1 is 0.746 bits per heavy atom. The van der Waals surface area contributed by atoms with E-state index in [2.05, 4.69) is 26.6 Å². The zero-order valence-electron chi connectivity index (χ0n) is 36.8. The van der Waals surface area contributed by atoms with E-state index in [9.17, 15) is 54.0 Å². The second kappa shape index (κ2) is 25.0. The number of aromatic carboxylic acids is 1. The molecule has 3 aliphatic rings. The number of anilines is 1. The molecule has 3 atom stereocenters. The molecule has 0 fully saturated rings. The Bertz CT molecular complexity index is 2510. The van der Waals surface area contributed by atoms with Gasteiger partial charge in [-0.1, -0.05) is 18.9 Å². The number of fused-ring (bicyclic) bond motifs is 2. The molecule has 0 aromatic heterocycles. The van der Waals surface area contributed by atoms with Gasteiger partial charge in [0.2, 0.25) is 5.91 Å². The predicted octanol–water partition coefficient (Wildman–Crippen LogP) is 6.34. The van der Waals surface area contributed by atoms with Gasteiger partial charge in [0.25, 0.3) is 0 Å². The van der Waals surface area contributed by atoms with Crippen LogP contribution in [0.3, 0.4) is 0 Å². The Hall–Kier alpha value is -7.09. The second-order valence-corrected chi connectivity index (χ2v) is 16.8. The minimum atomic E-state index is -1.48. The number of aliphatic carboxylic acids is 3. The summed E-state index contributed by atoms with van der Waals surface area (Å²) in [5.41, 5.74) is 3.27. The number of phenolic OH excluding ortho intramolecular Hbond substituents is 1. The van der Waals surface area contributed by atoms with Crippen LogP contribution in [0, 0.1) is 0 Å². The molecule has 5 rings (SSSR count). The Balaban J connectivity index is 0.908. The minimum absolute atomic E-state index is 0.0129. The fraction of sp³-hybridized carbons (Fsp3) is 0.426. The zero-order chi connectivity index (χ0) is 48.5. The molecule has 19 nitrogen and oxygen atoms in total. The third-order valence-corrected chi connectivity index (χ3v) is 11.5. The molecular weight excluding hydrogens is 889 g/mol. The number of nitrogens with one attached hydrogen (secondary N) is 5. The van der Waals surface area contributed by atoms with Crippen molar-refractivity contribution in [2.45, 2.75) is 114 Å². The number of carbonyl (C=O) groups is 6. The summed E-state index contributed by atoms with van der Waals surface area (Å²) in [5.74, 6) is -4.99. The van der Waals surface area contributed by atoms with Crippen LogP contribution in [-0.4, -0.2) is 103 Å². The van der Waals surface area contributed by atoms with Crippen molar-refractivity contribution in [3.8, 4) is 28.2 Å². The third-order valence-electron chi connectivity index (χ3n) is 11.3. The first-order chi connectivity index (χ1) is 32.1. The minimum Gasteiger partial charge on any atom is -0.508 e. The van der Waals surface area contributed by atoms with Crippen LogP contribution < -0.4 is 32.0 Å². The molecule has 20 heteroatoms. The van der Waals surface area contributed by atoms with Crippen LogP contribution in [0.5, 0.6) is 5.75 Å². The highest BCUT2D eigenvalue weighted by molar-refractivity contribution is 7.80. The molecule has 3 unspecified atom stereocenters. The number of phenols is 1. The first-order valence-electron chi connectivity index (χ1n) is 22.3. The summed E-state index contributed by atoms with van der Waals surface area (Å²) in [6.45, 7) is 0.970. The molecule has 0 spiro atoms. The standard InChI is InChI=1S/C47H56N6O13S/c54-30-14-17-33-38(25-30)66-39-26-31(55)15-18-34(39)42(33)32-16-13-29(24-35(32)43(59)60)51-47(67)49-22-7-5-10-28-23-27(50-28)9-3-1-2-4-12-40(56)48-21-8-6-11-36(44(61)62)52-46(65)53-37(45(63)64)19-20-41(57)58/h13-18,24-26,28,36-37,54H,1-12,19-23H2,(H,48,56)(H,57,58)(H,59,60)(H,61,62)(H,63,64)(H2,49,51,67)(H2,52,53,65). The number of aliphatic imine (C=N–C) groups is 1. The number of hydrogen-bond acceptors (Lipinski definition) is 11. The number of carbonyl (C=O) groups excluding carboxylic acids is 2. The molecule has 358 valence electrons. The van der Waals surface area contributed by atoms with Gasteiger partial charge in [-0.2, -0.15) is 0 Å². The monoisotopic (exact) mass is 944 g/mol. The molecule has 0 saturated heterocycles.